The molecule has 0 fully saturated rings. The van der Waals surface area contributed by atoms with E-state index in [1.165, 1.54) is 35.1 Å². The van der Waals surface area contributed by atoms with Crippen LogP contribution in [0.1, 0.15) is 36.1 Å². The van der Waals surface area contributed by atoms with Crippen molar-refractivity contribution in [1.82, 2.24) is 4.98 Å². The molecule has 1 nitrogen and oxygen atoms in total. The van der Waals surface area contributed by atoms with Crippen molar-refractivity contribution in [3.63, 3.8) is 0 Å². The van der Waals surface area contributed by atoms with Crippen LogP contribution < -0.4 is 0 Å². The van der Waals surface area contributed by atoms with Crippen molar-refractivity contribution in [3.8, 4) is 11.1 Å². The van der Waals surface area contributed by atoms with Crippen LogP contribution in [0.25, 0.3) is 11.1 Å². The van der Waals surface area contributed by atoms with E-state index in [1.807, 2.05) is 12.3 Å². The van der Waals surface area contributed by atoms with E-state index in [0.29, 0.717) is 5.92 Å². The van der Waals surface area contributed by atoms with Crippen LogP contribution >= 0.6 is 0 Å². The third-order valence-corrected chi connectivity index (χ3v) is 3.87. The second kappa shape index (κ2) is 3.99. The number of hydrogen-bond donors (Lipinski definition) is 0. The lowest BCUT2D eigenvalue weighted by molar-refractivity contribution is 0.747. The molecule has 17 heavy (non-hydrogen) atoms. The molecule has 0 unspecified atom stereocenters. The minimum Gasteiger partial charge on any atom is -0.261 e. The quantitative estimate of drug-likeness (QED) is 0.709. The normalized spacial score (nSPS) is 18.1. The molecule has 0 saturated carbocycles. The molecule has 1 aromatic heterocycles. The van der Waals surface area contributed by atoms with Gasteiger partial charge in [-0.25, -0.2) is 0 Å². The Labute approximate surface area is 103 Å². The predicted octanol–water partition coefficient (Wildman–Crippen LogP) is 4.11. The average molecular weight is 223 g/mol. The second-order valence-corrected chi connectivity index (χ2v) is 4.95. The van der Waals surface area contributed by atoms with Gasteiger partial charge in [0.15, 0.2) is 0 Å². The number of hydrogen-bond acceptors (Lipinski definition) is 1. The smallest absolute Gasteiger partial charge is 0.0451 e. The van der Waals surface area contributed by atoms with E-state index in [1.54, 1.807) is 0 Å². The monoisotopic (exact) mass is 223 g/mol. The van der Waals surface area contributed by atoms with E-state index in [0.717, 1.165) is 5.69 Å². The standard InChI is InChI=1S/C16H17N/c1-11-8-9-16-13(11)5-3-6-15(16)14-7-4-10-17-12(14)2/h3-7,10-11H,8-9H2,1-2H3/t11-/m1/s1. The number of pyridine rings is 1. The Bertz CT molecular complexity index is 557. The number of fused-ring (bicyclic) bond motifs is 1. The van der Waals surface area contributed by atoms with Gasteiger partial charge in [0.1, 0.15) is 0 Å². The SMILES string of the molecule is Cc1ncccc1-c1cccc2c1CC[C@H]2C. The lowest BCUT2D eigenvalue weighted by Gasteiger charge is -2.11. The summed E-state index contributed by atoms with van der Waals surface area (Å²) >= 11 is 0. The van der Waals surface area contributed by atoms with Gasteiger partial charge in [0.25, 0.3) is 0 Å². The lowest BCUT2D eigenvalue weighted by atomic mass is 9.95. The first kappa shape index (κ1) is 10.5. The zero-order valence-corrected chi connectivity index (χ0v) is 10.4. The summed E-state index contributed by atoms with van der Waals surface area (Å²) in [6, 6.07) is 10.9. The van der Waals surface area contributed by atoms with Crippen molar-refractivity contribution in [1.29, 1.82) is 0 Å². The fourth-order valence-electron chi connectivity index (χ4n) is 2.88. The third-order valence-electron chi connectivity index (χ3n) is 3.87. The highest BCUT2D eigenvalue weighted by Gasteiger charge is 2.21. The van der Waals surface area contributed by atoms with Crippen LogP contribution in [0.3, 0.4) is 0 Å². The van der Waals surface area contributed by atoms with E-state index in [-0.39, 0.29) is 0 Å². The highest BCUT2D eigenvalue weighted by Crippen LogP contribution is 2.38. The van der Waals surface area contributed by atoms with E-state index < -0.39 is 0 Å². The molecule has 1 aliphatic carbocycles. The molecule has 0 aliphatic heterocycles. The summed E-state index contributed by atoms with van der Waals surface area (Å²) in [6.07, 6.45) is 4.36. The van der Waals surface area contributed by atoms with Gasteiger partial charge >= 0.3 is 0 Å². The fourth-order valence-corrected chi connectivity index (χ4v) is 2.88. The van der Waals surface area contributed by atoms with Crippen LogP contribution in [-0.4, -0.2) is 4.98 Å². The Morgan fingerprint density at radius 1 is 1.12 bits per heavy atom. The van der Waals surface area contributed by atoms with Crippen LogP contribution in [0, 0.1) is 6.92 Å². The lowest BCUT2D eigenvalue weighted by Crippen LogP contribution is -1.92. The van der Waals surface area contributed by atoms with E-state index in [4.69, 9.17) is 0 Å². The van der Waals surface area contributed by atoms with Gasteiger partial charge in [0.2, 0.25) is 0 Å². The molecule has 0 N–H and O–H groups in total. The summed E-state index contributed by atoms with van der Waals surface area (Å²) in [6.45, 7) is 4.42. The molecule has 0 bridgehead atoms. The maximum Gasteiger partial charge on any atom is 0.0451 e. The van der Waals surface area contributed by atoms with E-state index in [2.05, 4.69) is 43.1 Å². The molecule has 0 spiro atoms. The van der Waals surface area contributed by atoms with Crippen molar-refractivity contribution >= 4 is 0 Å². The molecule has 1 aromatic carbocycles. The van der Waals surface area contributed by atoms with Gasteiger partial charge in [-0.2, -0.15) is 0 Å². The molecule has 0 saturated heterocycles. The molecule has 1 heterocycles. The maximum absolute atomic E-state index is 4.40. The molecule has 2 aromatic rings. The highest BCUT2D eigenvalue weighted by atomic mass is 14.7. The van der Waals surface area contributed by atoms with E-state index >= 15 is 0 Å². The van der Waals surface area contributed by atoms with Crippen LogP contribution in [0.2, 0.25) is 0 Å². The molecule has 86 valence electrons. The van der Waals surface area contributed by atoms with Crippen molar-refractivity contribution in [2.45, 2.75) is 32.6 Å². The average Bonchev–Trinajstić information content (AvgIpc) is 2.72. The Balaban J connectivity index is 2.20. The maximum atomic E-state index is 4.40. The van der Waals surface area contributed by atoms with Gasteiger partial charge in [-0.3, -0.25) is 4.98 Å². The zero-order chi connectivity index (χ0) is 11.8. The summed E-state index contributed by atoms with van der Waals surface area (Å²) in [5.41, 5.74) is 6.87. The first-order valence-electron chi connectivity index (χ1n) is 6.31. The molecule has 0 amide bonds. The van der Waals surface area contributed by atoms with Crippen LogP contribution in [0.5, 0.6) is 0 Å². The number of rotatable bonds is 1. The molecular weight excluding hydrogens is 206 g/mol. The van der Waals surface area contributed by atoms with Gasteiger partial charge in [-0.05, 0) is 48.4 Å². The fraction of sp³-hybridized carbons (Fsp3) is 0.312. The van der Waals surface area contributed by atoms with Crippen LogP contribution in [-0.2, 0) is 6.42 Å². The molecule has 3 rings (SSSR count). The summed E-state index contributed by atoms with van der Waals surface area (Å²) in [7, 11) is 0. The van der Waals surface area contributed by atoms with Crippen molar-refractivity contribution in [3.05, 3.63) is 53.3 Å². The number of nitrogens with zero attached hydrogens (tertiary/aromatic N) is 1. The van der Waals surface area contributed by atoms with Gasteiger partial charge in [0.05, 0.1) is 0 Å². The zero-order valence-electron chi connectivity index (χ0n) is 10.4. The van der Waals surface area contributed by atoms with Crippen LogP contribution in [0.4, 0.5) is 0 Å². The number of aryl methyl sites for hydroxylation is 1. The minimum absolute atomic E-state index is 0.710. The highest BCUT2D eigenvalue weighted by molar-refractivity contribution is 5.71. The van der Waals surface area contributed by atoms with E-state index in [9.17, 15) is 0 Å². The minimum atomic E-state index is 0.710. The Hall–Kier alpha value is -1.63. The second-order valence-electron chi connectivity index (χ2n) is 4.95. The Kier molecular flexibility index (Phi) is 2.47. The van der Waals surface area contributed by atoms with Gasteiger partial charge in [-0.15, -0.1) is 0 Å². The van der Waals surface area contributed by atoms with Gasteiger partial charge in [-0.1, -0.05) is 31.2 Å². The molecule has 1 atom stereocenters. The summed E-state index contributed by atoms with van der Waals surface area (Å²) in [5, 5.41) is 0. The van der Waals surface area contributed by atoms with Gasteiger partial charge < -0.3 is 0 Å². The van der Waals surface area contributed by atoms with Crippen molar-refractivity contribution in [2.24, 2.45) is 0 Å². The summed E-state index contributed by atoms with van der Waals surface area (Å²) in [4.78, 5) is 4.40. The Morgan fingerprint density at radius 2 is 1.94 bits per heavy atom. The Morgan fingerprint density at radius 3 is 2.76 bits per heavy atom. The molecular formula is C16H17N. The first-order valence-corrected chi connectivity index (χ1v) is 6.31. The van der Waals surface area contributed by atoms with Crippen LogP contribution in [0.15, 0.2) is 36.5 Å². The van der Waals surface area contributed by atoms with Crippen molar-refractivity contribution in [2.75, 3.05) is 0 Å². The summed E-state index contributed by atoms with van der Waals surface area (Å²) in [5.74, 6) is 0.710. The third kappa shape index (κ3) is 1.66. The molecule has 1 heteroatoms. The molecule has 0 radical (unpaired) electrons. The topological polar surface area (TPSA) is 12.9 Å². The number of benzene rings is 1. The molecule has 1 aliphatic rings. The predicted molar refractivity (Wildman–Crippen MR) is 71.1 cm³/mol. The summed E-state index contributed by atoms with van der Waals surface area (Å²) < 4.78 is 0. The number of aromatic nitrogens is 1. The van der Waals surface area contributed by atoms with Gasteiger partial charge in [0, 0.05) is 17.5 Å². The first-order chi connectivity index (χ1) is 8.27. The van der Waals surface area contributed by atoms with Crippen molar-refractivity contribution < 1.29 is 0 Å². The largest absolute Gasteiger partial charge is 0.261 e.